The molecule has 2 rings (SSSR count). The Morgan fingerprint density at radius 3 is 2.88 bits per heavy atom. The third kappa shape index (κ3) is 6.93. The number of hydrogen-bond donors (Lipinski definition) is 2. The van der Waals surface area contributed by atoms with Crippen LogP contribution in [-0.2, 0) is 11.3 Å². The van der Waals surface area contributed by atoms with E-state index in [1.165, 1.54) is 12.8 Å². The molecule has 5 nitrogen and oxygen atoms in total. The fraction of sp³-hybridized carbons (Fsp3) is 0.526. The van der Waals surface area contributed by atoms with Gasteiger partial charge in [-0.1, -0.05) is 30.9 Å². The van der Waals surface area contributed by atoms with Crippen molar-refractivity contribution >= 4 is 6.09 Å². The SMILES string of the molecule is NCCOc1ccc(CNC(=O)OCC2C#CCCCCC2)cc1. The zero-order chi connectivity index (χ0) is 17.0. The number of carbonyl (C=O) groups is 1. The molecular weight excluding hydrogens is 304 g/mol. The Kier molecular flexibility index (Phi) is 7.99. The maximum Gasteiger partial charge on any atom is 0.407 e. The van der Waals surface area contributed by atoms with Gasteiger partial charge in [-0.3, -0.25) is 0 Å². The molecule has 1 unspecified atom stereocenters. The first-order valence-corrected chi connectivity index (χ1v) is 8.59. The molecule has 0 saturated heterocycles. The molecule has 24 heavy (non-hydrogen) atoms. The second-order valence-electron chi connectivity index (χ2n) is 5.85. The molecular formula is C19H26N2O3. The zero-order valence-electron chi connectivity index (χ0n) is 14.1. The van der Waals surface area contributed by atoms with E-state index in [1.54, 1.807) is 0 Å². The molecule has 1 aliphatic rings. The average Bonchev–Trinajstić information content (AvgIpc) is 2.58. The predicted molar refractivity (Wildman–Crippen MR) is 93.5 cm³/mol. The summed E-state index contributed by atoms with van der Waals surface area (Å²) in [7, 11) is 0. The molecule has 0 heterocycles. The predicted octanol–water partition coefficient (Wildman–Crippen LogP) is 2.83. The van der Waals surface area contributed by atoms with Crippen LogP contribution in [0.2, 0.25) is 0 Å². The number of hydrogen-bond acceptors (Lipinski definition) is 4. The van der Waals surface area contributed by atoms with Gasteiger partial charge in [0, 0.05) is 19.5 Å². The number of nitrogens with two attached hydrogens (primary N) is 1. The summed E-state index contributed by atoms with van der Waals surface area (Å²) >= 11 is 0. The summed E-state index contributed by atoms with van der Waals surface area (Å²) in [5, 5.41) is 2.76. The molecule has 5 heteroatoms. The highest BCUT2D eigenvalue weighted by atomic mass is 16.5. The first-order chi connectivity index (χ1) is 11.8. The topological polar surface area (TPSA) is 73.6 Å². The van der Waals surface area contributed by atoms with Crippen LogP contribution in [-0.4, -0.2) is 25.9 Å². The molecule has 0 spiro atoms. The van der Waals surface area contributed by atoms with Gasteiger partial charge in [0.1, 0.15) is 19.0 Å². The standard InChI is InChI=1S/C19H26N2O3/c20-12-13-23-18-10-8-16(9-11-18)14-21-19(22)24-15-17-6-4-2-1-3-5-7-17/h8-11,17H,1-4,6,12-15,20H2,(H,21,22). The van der Waals surface area contributed by atoms with Crippen LogP contribution in [0, 0.1) is 17.8 Å². The van der Waals surface area contributed by atoms with Crippen LogP contribution < -0.4 is 15.8 Å². The van der Waals surface area contributed by atoms with E-state index < -0.39 is 6.09 Å². The summed E-state index contributed by atoms with van der Waals surface area (Å²) in [6, 6.07) is 7.54. The van der Waals surface area contributed by atoms with Crippen molar-refractivity contribution in [2.24, 2.45) is 11.7 Å². The molecule has 0 radical (unpaired) electrons. The molecule has 0 fully saturated rings. The fourth-order valence-corrected chi connectivity index (χ4v) is 2.48. The highest BCUT2D eigenvalue weighted by Gasteiger charge is 2.10. The van der Waals surface area contributed by atoms with Gasteiger partial charge in [0.15, 0.2) is 0 Å². The second kappa shape index (κ2) is 10.6. The summed E-state index contributed by atoms with van der Waals surface area (Å²) in [6.07, 6.45) is 5.10. The van der Waals surface area contributed by atoms with Crippen LogP contribution in [0.3, 0.4) is 0 Å². The average molecular weight is 330 g/mol. The van der Waals surface area contributed by atoms with Crippen molar-refractivity contribution in [3.63, 3.8) is 0 Å². The summed E-state index contributed by atoms with van der Waals surface area (Å²) < 4.78 is 10.7. The molecule has 1 aromatic rings. The minimum absolute atomic E-state index is 0.162. The van der Waals surface area contributed by atoms with E-state index in [0.29, 0.717) is 26.3 Å². The van der Waals surface area contributed by atoms with E-state index >= 15 is 0 Å². The lowest BCUT2D eigenvalue weighted by Gasteiger charge is -2.13. The van der Waals surface area contributed by atoms with E-state index in [4.69, 9.17) is 15.2 Å². The molecule has 3 N–H and O–H groups in total. The van der Waals surface area contributed by atoms with Crippen molar-refractivity contribution in [2.45, 2.75) is 38.6 Å². The van der Waals surface area contributed by atoms with Crippen LogP contribution in [0.1, 0.15) is 37.7 Å². The highest BCUT2D eigenvalue weighted by molar-refractivity contribution is 5.67. The summed E-state index contributed by atoms with van der Waals surface area (Å²) in [4.78, 5) is 11.8. The quantitative estimate of drug-likeness (QED) is 0.754. The minimum atomic E-state index is -0.401. The molecule has 1 aromatic carbocycles. The zero-order valence-corrected chi connectivity index (χ0v) is 14.1. The molecule has 0 bridgehead atoms. The number of amides is 1. The van der Waals surface area contributed by atoms with Gasteiger partial charge < -0.3 is 20.5 Å². The third-order valence-corrected chi connectivity index (χ3v) is 3.82. The third-order valence-electron chi connectivity index (χ3n) is 3.82. The number of ether oxygens (including phenoxy) is 2. The van der Waals surface area contributed by atoms with Crippen molar-refractivity contribution in [3.05, 3.63) is 29.8 Å². The molecule has 0 aliphatic heterocycles. The highest BCUT2D eigenvalue weighted by Crippen LogP contribution is 2.14. The Morgan fingerprint density at radius 1 is 1.25 bits per heavy atom. The lowest BCUT2D eigenvalue weighted by molar-refractivity contribution is 0.133. The number of benzene rings is 1. The first-order valence-electron chi connectivity index (χ1n) is 8.59. The number of carbonyl (C=O) groups excluding carboxylic acids is 1. The van der Waals surface area contributed by atoms with Crippen molar-refractivity contribution in [3.8, 4) is 17.6 Å². The maximum absolute atomic E-state index is 11.8. The smallest absolute Gasteiger partial charge is 0.407 e. The minimum Gasteiger partial charge on any atom is -0.492 e. The van der Waals surface area contributed by atoms with Gasteiger partial charge in [0.25, 0.3) is 0 Å². The van der Waals surface area contributed by atoms with Gasteiger partial charge in [-0.2, -0.15) is 0 Å². The summed E-state index contributed by atoms with van der Waals surface area (Å²) in [5.74, 6) is 7.29. The molecule has 1 aliphatic carbocycles. The Hall–Kier alpha value is -2.19. The van der Waals surface area contributed by atoms with E-state index in [0.717, 1.165) is 30.6 Å². The van der Waals surface area contributed by atoms with Gasteiger partial charge in [-0.15, -0.1) is 5.92 Å². The van der Waals surface area contributed by atoms with Gasteiger partial charge >= 0.3 is 6.09 Å². The molecule has 0 aromatic heterocycles. The summed E-state index contributed by atoms with van der Waals surface area (Å²) in [6.45, 7) is 1.77. The molecule has 1 atom stereocenters. The van der Waals surface area contributed by atoms with Crippen molar-refractivity contribution in [2.75, 3.05) is 19.8 Å². The Labute approximate surface area is 143 Å². The van der Waals surface area contributed by atoms with Crippen LogP contribution in [0.25, 0.3) is 0 Å². The molecule has 0 saturated carbocycles. The van der Waals surface area contributed by atoms with Gasteiger partial charge in [-0.05, 0) is 30.5 Å². The molecule has 1 amide bonds. The van der Waals surface area contributed by atoms with Crippen molar-refractivity contribution in [1.82, 2.24) is 5.32 Å². The van der Waals surface area contributed by atoms with E-state index in [9.17, 15) is 4.79 Å². The second-order valence-corrected chi connectivity index (χ2v) is 5.85. The van der Waals surface area contributed by atoms with Gasteiger partial charge in [0.2, 0.25) is 0 Å². The van der Waals surface area contributed by atoms with Crippen LogP contribution >= 0.6 is 0 Å². The molecule has 130 valence electrons. The lowest BCUT2D eigenvalue weighted by Crippen LogP contribution is -2.26. The number of rotatable bonds is 7. The van der Waals surface area contributed by atoms with E-state index in [-0.39, 0.29) is 5.92 Å². The van der Waals surface area contributed by atoms with E-state index in [2.05, 4.69) is 17.2 Å². The number of alkyl carbamates (subject to hydrolysis) is 1. The van der Waals surface area contributed by atoms with Crippen LogP contribution in [0.4, 0.5) is 4.79 Å². The summed E-state index contributed by atoms with van der Waals surface area (Å²) in [5.41, 5.74) is 6.38. The monoisotopic (exact) mass is 330 g/mol. The Morgan fingerprint density at radius 2 is 2.08 bits per heavy atom. The van der Waals surface area contributed by atoms with Crippen molar-refractivity contribution in [1.29, 1.82) is 0 Å². The fourth-order valence-electron chi connectivity index (χ4n) is 2.48. The normalized spacial score (nSPS) is 17.0. The lowest BCUT2D eigenvalue weighted by atomic mass is 9.99. The largest absolute Gasteiger partial charge is 0.492 e. The van der Waals surface area contributed by atoms with Gasteiger partial charge in [-0.25, -0.2) is 4.79 Å². The van der Waals surface area contributed by atoms with Gasteiger partial charge in [0.05, 0.1) is 5.92 Å². The van der Waals surface area contributed by atoms with E-state index in [1.807, 2.05) is 24.3 Å². The maximum atomic E-state index is 11.8. The Balaban J connectivity index is 1.68. The number of nitrogens with one attached hydrogen (secondary N) is 1. The van der Waals surface area contributed by atoms with Crippen molar-refractivity contribution < 1.29 is 14.3 Å². The van der Waals surface area contributed by atoms with Crippen LogP contribution in [0.15, 0.2) is 24.3 Å². The Bertz CT molecular complexity index is 560. The first kappa shape index (κ1) is 18.2. The van der Waals surface area contributed by atoms with Crippen LogP contribution in [0.5, 0.6) is 5.75 Å².